The maximum absolute atomic E-state index is 13.4. The van der Waals surface area contributed by atoms with Gasteiger partial charge in [-0.3, -0.25) is 0 Å². The molecule has 1 aromatic rings. The van der Waals surface area contributed by atoms with Crippen molar-refractivity contribution in [2.24, 2.45) is 0 Å². The second-order valence-corrected chi connectivity index (χ2v) is 5.13. The van der Waals surface area contributed by atoms with E-state index in [1.54, 1.807) is 6.07 Å². The molecule has 98 valence electrons. The van der Waals surface area contributed by atoms with Crippen molar-refractivity contribution in [3.63, 3.8) is 0 Å². The molecule has 1 aromatic carbocycles. The quantitative estimate of drug-likeness (QED) is 0.831. The van der Waals surface area contributed by atoms with Gasteiger partial charge >= 0.3 is 0 Å². The number of fused-ring (bicyclic) bond motifs is 1. The van der Waals surface area contributed by atoms with E-state index in [0.29, 0.717) is 6.61 Å². The van der Waals surface area contributed by atoms with Crippen LogP contribution in [0.25, 0.3) is 0 Å². The number of benzene rings is 1. The molecule has 1 N–H and O–H groups in total. The van der Waals surface area contributed by atoms with Crippen LogP contribution in [0.1, 0.15) is 31.2 Å². The molecule has 18 heavy (non-hydrogen) atoms. The van der Waals surface area contributed by atoms with Gasteiger partial charge in [0.2, 0.25) is 0 Å². The van der Waals surface area contributed by atoms with Gasteiger partial charge in [0.1, 0.15) is 0 Å². The maximum Gasteiger partial charge on any atom is 0.159 e. The molecule has 0 aromatic heterocycles. The summed E-state index contributed by atoms with van der Waals surface area (Å²) in [6, 6.07) is 4.20. The molecule has 2 unspecified atom stereocenters. The van der Waals surface area contributed by atoms with Crippen molar-refractivity contribution in [1.29, 1.82) is 0 Å². The third-order valence-electron chi connectivity index (χ3n) is 4.13. The Morgan fingerprint density at radius 2 is 2.11 bits per heavy atom. The molecular weight excluding hydrogens is 236 g/mol. The molecule has 3 rings (SSSR count). The van der Waals surface area contributed by atoms with E-state index in [4.69, 9.17) is 4.74 Å². The van der Waals surface area contributed by atoms with Crippen LogP contribution in [0.15, 0.2) is 18.2 Å². The molecule has 1 aliphatic carbocycles. The molecule has 4 heteroatoms. The highest BCUT2D eigenvalue weighted by Gasteiger charge is 2.44. The largest absolute Gasteiger partial charge is 0.375 e. The molecule has 0 radical (unpaired) electrons. The van der Waals surface area contributed by atoms with Gasteiger partial charge in [0.05, 0.1) is 18.2 Å². The van der Waals surface area contributed by atoms with Crippen LogP contribution in [0, 0.1) is 11.6 Å². The molecular formula is C14H17F2NO. The normalized spacial score (nSPS) is 32.0. The van der Waals surface area contributed by atoms with E-state index < -0.39 is 11.6 Å². The average molecular weight is 253 g/mol. The minimum absolute atomic E-state index is 0.0739. The highest BCUT2D eigenvalue weighted by atomic mass is 19.2. The topological polar surface area (TPSA) is 21.3 Å². The highest BCUT2D eigenvalue weighted by Crippen LogP contribution is 2.40. The van der Waals surface area contributed by atoms with Gasteiger partial charge in [0.25, 0.3) is 0 Å². The first-order valence-electron chi connectivity index (χ1n) is 6.54. The Bertz CT molecular complexity index is 437. The second kappa shape index (κ2) is 4.59. The van der Waals surface area contributed by atoms with Gasteiger partial charge < -0.3 is 10.1 Å². The Labute approximate surface area is 105 Å². The Balaban J connectivity index is 2.01. The first-order valence-corrected chi connectivity index (χ1v) is 6.54. The number of nitrogens with one attached hydrogen (secondary N) is 1. The van der Waals surface area contributed by atoms with E-state index in [1.165, 1.54) is 12.1 Å². The molecule has 0 spiro atoms. The van der Waals surface area contributed by atoms with Crippen molar-refractivity contribution in [3.05, 3.63) is 35.4 Å². The van der Waals surface area contributed by atoms with Crippen LogP contribution in [-0.2, 0) is 10.3 Å². The van der Waals surface area contributed by atoms with Crippen molar-refractivity contribution < 1.29 is 13.5 Å². The third-order valence-corrected chi connectivity index (χ3v) is 4.13. The van der Waals surface area contributed by atoms with E-state index in [0.717, 1.165) is 37.8 Å². The summed E-state index contributed by atoms with van der Waals surface area (Å²) in [4.78, 5) is 0. The number of rotatable bonds is 1. The van der Waals surface area contributed by atoms with E-state index in [9.17, 15) is 8.78 Å². The molecule has 2 atom stereocenters. The monoisotopic (exact) mass is 253 g/mol. The van der Waals surface area contributed by atoms with Crippen LogP contribution in [-0.4, -0.2) is 19.3 Å². The van der Waals surface area contributed by atoms with Gasteiger partial charge in [-0.05, 0) is 30.5 Å². The molecule has 2 aliphatic rings. The summed E-state index contributed by atoms with van der Waals surface area (Å²) in [7, 11) is 0. The van der Waals surface area contributed by atoms with Crippen LogP contribution in [0.4, 0.5) is 8.78 Å². The number of hydrogen-bond acceptors (Lipinski definition) is 2. The van der Waals surface area contributed by atoms with Crippen molar-refractivity contribution in [2.75, 3.05) is 13.2 Å². The van der Waals surface area contributed by atoms with Crippen LogP contribution in [0.3, 0.4) is 0 Å². The van der Waals surface area contributed by atoms with E-state index >= 15 is 0 Å². The van der Waals surface area contributed by atoms with Gasteiger partial charge in [-0.1, -0.05) is 18.9 Å². The lowest BCUT2D eigenvalue weighted by Crippen LogP contribution is -2.59. The molecule has 0 amide bonds. The third kappa shape index (κ3) is 1.84. The summed E-state index contributed by atoms with van der Waals surface area (Å²) in [5.74, 6) is -1.57. The Hall–Kier alpha value is -1.00. The molecule has 0 bridgehead atoms. The predicted octanol–water partition coefficient (Wildman–Crippen LogP) is 2.72. The summed E-state index contributed by atoms with van der Waals surface area (Å²) in [5, 5.41) is 3.48. The van der Waals surface area contributed by atoms with Gasteiger partial charge in [0, 0.05) is 6.54 Å². The second-order valence-electron chi connectivity index (χ2n) is 5.13. The van der Waals surface area contributed by atoms with Crippen molar-refractivity contribution >= 4 is 0 Å². The van der Waals surface area contributed by atoms with E-state index in [1.807, 2.05) is 0 Å². The summed E-state index contributed by atoms with van der Waals surface area (Å²) >= 11 is 0. The molecule has 1 saturated heterocycles. The van der Waals surface area contributed by atoms with Crippen LogP contribution in [0.5, 0.6) is 0 Å². The van der Waals surface area contributed by atoms with E-state index in [-0.39, 0.29) is 11.6 Å². The fraction of sp³-hybridized carbons (Fsp3) is 0.571. The minimum Gasteiger partial charge on any atom is -0.375 e. The van der Waals surface area contributed by atoms with Crippen LogP contribution < -0.4 is 5.32 Å². The number of halogens is 2. The zero-order valence-electron chi connectivity index (χ0n) is 10.2. The number of morpholine rings is 1. The zero-order chi connectivity index (χ0) is 12.6. The first kappa shape index (κ1) is 12.1. The van der Waals surface area contributed by atoms with Crippen LogP contribution in [0.2, 0.25) is 0 Å². The summed E-state index contributed by atoms with van der Waals surface area (Å²) in [6.45, 7) is 1.45. The zero-order valence-corrected chi connectivity index (χ0v) is 10.2. The smallest absolute Gasteiger partial charge is 0.159 e. The number of ether oxygens (including phenoxy) is 1. The van der Waals surface area contributed by atoms with Crippen molar-refractivity contribution in [3.8, 4) is 0 Å². The fourth-order valence-corrected chi connectivity index (χ4v) is 3.25. The summed E-state index contributed by atoms with van der Waals surface area (Å²) < 4.78 is 32.3. The lowest BCUT2D eigenvalue weighted by molar-refractivity contribution is -0.0757. The van der Waals surface area contributed by atoms with Gasteiger partial charge in [-0.2, -0.15) is 0 Å². The lowest BCUT2D eigenvalue weighted by Gasteiger charge is -2.48. The highest BCUT2D eigenvalue weighted by molar-refractivity contribution is 5.29. The van der Waals surface area contributed by atoms with Crippen molar-refractivity contribution in [1.82, 2.24) is 5.32 Å². The molecule has 1 aliphatic heterocycles. The molecule has 1 saturated carbocycles. The van der Waals surface area contributed by atoms with Gasteiger partial charge in [-0.15, -0.1) is 0 Å². The first-order chi connectivity index (χ1) is 8.72. The average Bonchev–Trinajstić information content (AvgIpc) is 2.42. The lowest BCUT2D eigenvalue weighted by atomic mass is 9.73. The molecule has 2 fully saturated rings. The molecule has 1 heterocycles. The van der Waals surface area contributed by atoms with Crippen LogP contribution >= 0.6 is 0 Å². The Kier molecular flexibility index (Phi) is 3.08. The van der Waals surface area contributed by atoms with Crippen molar-refractivity contribution in [2.45, 2.75) is 37.3 Å². The summed E-state index contributed by atoms with van der Waals surface area (Å²) in [5.41, 5.74) is 0.483. The fourth-order valence-electron chi connectivity index (χ4n) is 3.25. The standard InChI is InChI=1S/C14H17F2NO/c15-11-5-4-10(9-12(11)16)14-6-2-1-3-13(14)18-8-7-17-14/h4-5,9,13,17H,1-3,6-8H2. The van der Waals surface area contributed by atoms with E-state index in [2.05, 4.69) is 5.32 Å². The predicted molar refractivity (Wildman–Crippen MR) is 64.2 cm³/mol. The van der Waals surface area contributed by atoms with Gasteiger partial charge in [-0.25, -0.2) is 8.78 Å². The SMILES string of the molecule is Fc1ccc(C23CCCCC2OCCN3)cc1F. The Morgan fingerprint density at radius 3 is 2.94 bits per heavy atom. The molecule has 2 nitrogen and oxygen atoms in total. The maximum atomic E-state index is 13.4. The number of hydrogen-bond donors (Lipinski definition) is 1. The Morgan fingerprint density at radius 1 is 1.22 bits per heavy atom. The van der Waals surface area contributed by atoms with Gasteiger partial charge in [0.15, 0.2) is 11.6 Å². The minimum atomic E-state index is -0.792. The summed E-state index contributed by atoms with van der Waals surface area (Å²) in [6.07, 6.45) is 4.20.